The highest BCUT2D eigenvalue weighted by molar-refractivity contribution is 7.92. The van der Waals surface area contributed by atoms with Crippen LogP contribution in [0.5, 0.6) is 5.75 Å². The summed E-state index contributed by atoms with van der Waals surface area (Å²) in [5, 5.41) is 8.83. The number of hydrogen-bond donors (Lipinski definition) is 1. The first-order valence-electron chi connectivity index (χ1n) is 11.7. The Balaban J connectivity index is 1.67. The normalized spacial score (nSPS) is 13.8. The van der Waals surface area contributed by atoms with Crippen molar-refractivity contribution in [3.8, 4) is 16.9 Å². The number of ether oxygens (including phenoxy) is 1. The first-order chi connectivity index (χ1) is 17.4. The molecule has 4 rings (SSSR count). The minimum absolute atomic E-state index is 0.0309. The largest absolute Gasteiger partial charge is 0.482 e. The van der Waals surface area contributed by atoms with Crippen molar-refractivity contribution in [1.29, 1.82) is 0 Å². The molecular weight excluding hydrogens is 507 g/mol. The maximum Gasteiger partial charge on any atom is 0.416 e. The van der Waals surface area contributed by atoms with Crippen LogP contribution in [0.15, 0.2) is 71.6 Å². The molecule has 37 heavy (non-hydrogen) atoms. The fourth-order valence-electron chi connectivity index (χ4n) is 4.00. The van der Waals surface area contributed by atoms with E-state index in [1.165, 1.54) is 34.6 Å². The molecule has 0 aromatic heterocycles. The van der Waals surface area contributed by atoms with Crippen molar-refractivity contribution in [1.82, 2.24) is 0 Å². The second-order valence-corrected chi connectivity index (χ2v) is 10.9. The van der Waals surface area contributed by atoms with Crippen LogP contribution in [-0.2, 0) is 21.0 Å². The molecule has 0 bridgehead atoms. The highest BCUT2D eigenvalue weighted by Crippen LogP contribution is 2.36. The maximum atomic E-state index is 13.8. The number of rotatable bonds is 10. The molecule has 0 aliphatic heterocycles. The number of alkyl halides is 3. The number of carboxylic acids is 1. The Morgan fingerprint density at radius 3 is 2.32 bits per heavy atom. The number of carbonyl (C=O) groups is 1. The third-order valence-corrected chi connectivity index (χ3v) is 8.03. The van der Waals surface area contributed by atoms with Crippen LogP contribution in [0.1, 0.15) is 30.4 Å². The van der Waals surface area contributed by atoms with Gasteiger partial charge in [0.05, 0.1) is 16.1 Å². The lowest BCUT2D eigenvalue weighted by molar-refractivity contribution is -0.139. The van der Waals surface area contributed by atoms with Gasteiger partial charge in [0.2, 0.25) is 0 Å². The molecule has 196 valence electrons. The standard InChI is InChI=1S/C27H26F3NO5S/c1-18-15-24(11-12-25(18)36-17-26(32)33)37(34,35)31(14-13-19-5-6-19)23-4-2-3-21(16-23)20-7-9-22(10-8-20)27(28,29)30/h2-4,7-12,15-16,19H,5-6,13-14,17H2,1H3,(H,32,33). The second-order valence-electron chi connectivity index (χ2n) is 9.04. The number of hydrogen-bond acceptors (Lipinski definition) is 4. The summed E-state index contributed by atoms with van der Waals surface area (Å²) in [5.74, 6) is -0.408. The Kier molecular flexibility index (Phi) is 7.49. The van der Waals surface area contributed by atoms with Crippen molar-refractivity contribution in [2.24, 2.45) is 5.92 Å². The van der Waals surface area contributed by atoms with Crippen molar-refractivity contribution in [2.45, 2.75) is 37.3 Å². The number of aryl methyl sites for hydroxylation is 1. The van der Waals surface area contributed by atoms with Crippen LogP contribution in [0.3, 0.4) is 0 Å². The van der Waals surface area contributed by atoms with E-state index < -0.39 is 34.3 Å². The molecule has 1 fully saturated rings. The molecule has 10 heteroatoms. The van der Waals surface area contributed by atoms with E-state index in [0.29, 0.717) is 34.7 Å². The van der Waals surface area contributed by atoms with Crippen LogP contribution in [0, 0.1) is 12.8 Å². The summed E-state index contributed by atoms with van der Waals surface area (Å²) in [5.41, 5.74) is 1.24. The maximum absolute atomic E-state index is 13.8. The van der Waals surface area contributed by atoms with Gasteiger partial charge in [-0.2, -0.15) is 13.2 Å². The van der Waals surface area contributed by atoms with Crippen LogP contribution in [0.2, 0.25) is 0 Å². The third-order valence-electron chi connectivity index (χ3n) is 6.20. The van der Waals surface area contributed by atoms with Gasteiger partial charge in [0.1, 0.15) is 5.75 Å². The fraction of sp³-hybridized carbons (Fsp3) is 0.296. The first kappa shape index (κ1) is 26.5. The predicted octanol–water partition coefficient (Wildman–Crippen LogP) is 6.14. The van der Waals surface area contributed by atoms with Crippen molar-refractivity contribution in [2.75, 3.05) is 17.5 Å². The van der Waals surface area contributed by atoms with E-state index in [1.54, 1.807) is 31.2 Å². The lowest BCUT2D eigenvalue weighted by Gasteiger charge is -2.25. The Bertz CT molecular complexity index is 1380. The number of sulfonamides is 1. The second kappa shape index (κ2) is 10.5. The summed E-state index contributed by atoms with van der Waals surface area (Å²) in [6, 6.07) is 15.7. The van der Waals surface area contributed by atoms with Gasteiger partial charge in [-0.15, -0.1) is 0 Å². The van der Waals surface area contributed by atoms with Gasteiger partial charge in [0, 0.05) is 6.54 Å². The smallest absolute Gasteiger partial charge is 0.416 e. The SMILES string of the molecule is Cc1cc(S(=O)(=O)N(CCC2CC2)c2cccc(-c3ccc(C(F)(F)F)cc3)c2)ccc1OCC(=O)O. The number of nitrogens with zero attached hydrogens (tertiary/aromatic N) is 1. The lowest BCUT2D eigenvalue weighted by Crippen LogP contribution is -2.32. The summed E-state index contributed by atoms with van der Waals surface area (Å²) < 4.78 is 73.0. The highest BCUT2D eigenvalue weighted by atomic mass is 32.2. The van der Waals surface area contributed by atoms with Crippen molar-refractivity contribution < 1.29 is 36.2 Å². The zero-order valence-corrected chi connectivity index (χ0v) is 20.8. The first-order valence-corrected chi connectivity index (χ1v) is 13.1. The third kappa shape index (κ3) is 6.43. The van der Waals surface area contributed by atoms with Crippen LogP contribution < -0.4 is 9.04 Å². The fourth-order valence-corrected chi connectivity index (χ4v) is 5.55. The Labute approximate surface area is 213 Å². The van der Waals surface area contributed by atoms with E-state index in [4.69, 9.17) is 9.84 Å². The summed E-state index contributed by atoms with van der Waals surface area (Å²) >= 11 is 0. The van der Waals surface area contributed by atoms with Gasteiger partial charge in [-0.1, -0.05) is 37.1 Å². The molecule has 1 saturated carbocycles. The van der Waals surface area contributed by atoms with Gasteiger partial charge in [-0.3, -0.25) is 4.31 Å². The molecule has 0 atom stereocenters. The molecule has 1 aliphatic rings. The van der Waals surface area contributed by atoms with E-state index in [9.17, 15) is 26.4 Å². The molecular formula is C27H26F3NO5S. The molecule has 3 aromatic carbocycles. The van der Waals surface area contributed by atoms with E-state index in [1.807, 2.05) is 0 Å². The average Bonchev–Trinajstić information content (AvgIpc) is 3.67. The summed E-state index contributed by atoms with van der Waals surface area (Å²) in [7, 11) is -4.00. The van der Waals surface area contributed by atoms with Crippen LogP contribution in [-0.4, -0.2) is 32.6 Å². The summed E-state index contributed by atoms with van der Waals surface area (Å²) in [6.07, 6.45) is -1.66. The van der Waals surface area contributed by atoms with Crippen molar-refractivity contribution in [3.63, 3.8) is 0 Å². The number of aliphatic carboxylic acids is 1. The molecule has 3 aromatic rings. The zero-order valence-electron chi connectivity index (χ0n) is 20.0. The molecule has 6 nitrogen and oxygen atoms in total. The molecule has 0 amide bonds. The Morgan fingerprint density at radius 2 is 1.73 bits per heavy atom. The minimum Gasteiger partial charge on any atom is -0.482 e. The molecule has 0 heterocycles. The molecule has 1 N–H and O–H groups in total. The average molecular weight is 534 g/mol. The van der Waals surface area contributed by atoms with Gasteiger partial charge in [-0.25, -0.2) is 13.2 Å². The van der Waals surface area contributed by atoms with Gasteiger partial charge >= 0.3 is 12.1 Å². The Morgan fingerprint density at radius 1 is 1.03 bits per heavy atom. The Hall–Kier alpha value is -3.53. The lowest BCUT2D eigenvalue weighted by atomic mass is 10.0. The number of halogens is 3. The topological polar surface area (TPSA) is 83.9 Å². The molecule has 0 spiro atoms. The highest BCUT2D eigenvalue weighted by Gasteiger charge is 2.31. The number of carboxylic acid groups (broad SMARTS) is 1. The molecule has 0 saturated heterocycles. The molecule has 0 radical (unpaired) electrons. The van der Waals surface area contributed by atoms with Gasteiger partial charge in [-0.05, 0) is 78.4 Å². The van der Waals surface area contributed by atoms with Crippen LogP contribution >= 0.6 is 0 Å². The van der Waals surface area contributed by atoms with E-state index in [0.717, 1.165) is 25.0 Å². The molecule has 0 unspecified atom stereocenters. The number of benzene rings is 3. The summed E-state index contributed by atoms with van der Waals surface area (Å²) in [6.45, 7) is 1.34. The van der Waals surface area contributed by atoms with Crippen molar-refractivity contribution in [3.05, 3.63) is 77.9 Å². The number of anilines is 1. The predicted molar refractivity (Wildman–Crippen MR) is 133 cm³/mol. The van der Waals surface area contributed by atoms with Gasteiger partial charge in [0.15, 0.2) is 6.61 Å². The van der Waals surface area contributed by atoms with Crippen LogP contribution in [0.25, 0.3) is 11.1 Å². The van der Waals surface area contributed by atoms with Gasteiger partial charge in [0.25, 0.3) is 10.0 Å². The zero-order chi connectivity index (χ0) is 26.8. The van der Waals surface area contributed by atoms with Crippen LogP contribution in [0.4, 0.5) is 18.9 Å². The molecule has 1 aliphatic carbocycles. The van der Waals surface area contributed by atoms with E-state index >= 15 is 0 Å². The summed E-state index contributed by atoms with van der Waals surface area (Å²) in [4.78, 5) is 10.8. The minimum atomic E-state index is -4.44. The van der Waals surface area contributed by atoms with E-state index in [-0.39, 0.29) is 17.2 Å². The van der Waals surface area contributed by atoms with Crippen molar-refractivity contribution >= 4 is 21.7 Å². The quantitative estimate of drug-likeness (QED) is 0.339. The monoisotopic (exact) mass is 533 g/mol. The van der Waals surface area contributed by atoms with E-state index in [2.05, 4.69) is 0 Å². The van der Waals surface area contributed by atoms with Gasteiger partial charge < -0.3 is 9.84 Å².